The molecule has 0 fully saturated rings. The topological polar surface area (TPSA) is 34.1 Å². The second-order valence-corrected chi connectivity index (χ2v) is 8.54. The number of carbonyl (C=O) groups excluding carboxylic acids is 1. The average Bonchev–Trinajstić information content (AvgIpc) is 2.60. The number of ketones is 1. The lowest BCUT2D eigenvalue weighted by atomic mass is 10.0. The fourth-order valence-corrected chi connectivity index (χ4v) is 4.60. The van der Waals surface area contributed by atoms with Gasteiger partial charge in [-0.05, 0) is 37.5 Å². The summed E-state index contributed by atoms with van der Waals surface area (Å²) >= 11 is 6.63. The van der Waals surface area contributed by atoms with E-state index in [1.54, 1.807) is 12.1 Å². The Bertz CT molecular complexity index is 697. The van der Waals surface area contributed by atoms with E-state index in [1.165, 1.54) is 0 Å². The molecule has 0 aliphatic rings. The Balaban J connectivity index is 2.17. The fourth-order valence-electron chi connectivity index (χ4n) is 2.59. The van der Waals surface area contributed by atoms with Crippen LogP contribution < -0.4 is 0 Å². The van der Waals surface area contributed by atoms with E-state index < -0.39 is 15.0 Å². The third kappa shape index (κ3) is 4.55. The number of benzene rings is 2. The van der Waals surface area contributed by atoms with Gasteiger partial charge in [0.15, 0.2) is 9.99 Å². The second kappa shape index (κ2) is 8.59. The monoisotopic (exact) mass is 362 g/mol. The Kier molecular flexibility index (Phi) is 6.76. The van der Waals surface area contributed by atoms with E-state index in [2.05, 4.69) is 0 Å². The molecule has 0 aliphatic carbocycles. The van der Waals surface area contributed by atoms with Crippen molar-refractivity contribution in [3.63, 3.8) is 0 Å². The molecule has 0 bridgehead atoms. The van der Waals surface area contributed by atoms with Gasteiger partial charge in [-0.15, -0.1) is 0 Å². The first kappa shape index (κ1) is 18.9. The van der Waals surface area contributed by atoms with Crippen LogP contribution in [0.1, 0.15) is 37.3 Å². The van der Waals surface area contributed by atoms with Gasteiger partial charge in [-0.2, -0.15) is 0 Å². The van der Waals surface area contributed by atoms with Gasteiger partial charge in [0.1, 0.15) is 0 Å². The Morgan fingerprint density at radius 1 is 1.08 bits per heavy atom. The quantitative estimate of drug-likeness (QED) is 0.616. The molecule has 128 valence electrons. The molecule has 4 heteroatoms. The van der Waals surface area contributed by atoms with Crippen molar-refractivity contribution in [1.82, 2.24) is 0 Å². The number of carbonyl (C=O) groups is 1. The summed E-state index contributed by atoms with van der Waals surface area (Å²) in [6, 6.07) is 17.2. The van der Waals surface area contributed by atoms with Gasteiger partial charge >= 0.3 is 0 Å². The third-order valence-electron chi connectivity index (χ3n) is 4.00. The second-order valence-electron chi connectivity index (χ2n) is 5.97. The summed E-state index contributed by atoms with van der Waals surface area (Å²) in [6.07, 6.45) is 2.02. The number of alkyl halides is 1. The van der Waals surface area contributed by atoms with Crippen LogP contribution in [0.25, 0.3) is 0 Å². The predicted molar refractivity (Wildman–Crippen MR) is 101 cm³/mol. The average molecular weight is 363 g/mol. The molecule has 2 aromatic carbocycles. The first-order valence-corrected chi connectivity index (χ1v) is 9.75. The first-order valence-electron chi connectivity index (χ1n) is 8.22. The van der Waals surface area contributed by atoms with Gasteiger partial charge in [0.05, 0.1) is 10.8 Å². The van der Waals surface area contributed by atoms with Crippen LogP contribution in [0.5, 0.6) is 0 Å². The number of rotatable bonds is 8. The lowest BCUT2D eigenvalue weighted by molar-refractivity contribution is -0.119. The molecule has 0 radical (unpaired) electrons. The van der Waals surface area contributed by atoms with Crippen molar-refractivity contribution in [3.05, 3.63) is 65.7 Å². The molecule has 0 saturated heterocycles. The van der Waals surface area contributed by atoms with Crippen molar-refractivity contribution in [3.8, 4) is 0 Å². The van der Waals surface area contributed by atoms with Crippen LogP contribution >= 0.6 is 11.6 Å². The lowest BCUT2D eigenvalue weighted by Crippen LogP contribution is -2.37. The molecule has 0 aliphatic heterocycles. The molecule has 2 rings (SSSR count). The van der Waals surface area contributed by atoms with Gasteiger partial charge in [-0.25, -0.2) is 0 Å². The summed E-state index contributed by atoms with van der Waals surface area (Å²) in [4.78, 5) is 13.4. The normalized spacial score (nSPS) is 14.8. The molecule has 24 heavy (non-hydrogen) atoms. The zero-order chi connectivity index (χ0) is 17.6. The number of Topliss-reactive ketones (excluding diaryl/α,β-unsaturated/α-hetero) is 1. The molecule has 0 N–H and O–H groups in total. The smallest absolute Gasteiger partial charge is 0.181 e. The Morgan fingerprint density at radius 2 is 1.71 bits per heavy atom. The van der Waals surface area contributed by atoms with E-state index in [1.807, 2.05) is 56.3 Å². The largest absolute Gasteiger partial charge is 0.297 e. The SMILES string of the molecule is CCC[C@@](Cl)(C(=O)CCc1ccccc1)S(=O)c1ccc(C)cc1. The van der Waals surface area contributed by atoms with Gasteiger partial charge < -0.3 is 0 Å². The van der Waals surface area contributed by atoms with E-state index >= 15 is 0 Å². The predicted octanol–water partition coefficient (Wildman–Crippen LogP) is 5.04. The zero-order valence-electron chi connectivity index (χ0n) is 14.1. The van der Waals surface area contributed by atoms with Crippen LogP contribution in [-0.4, -0.2) is 14.2 Å². The van der Waals surface area contributed by atoms with Gasteiger partial charge in [0, 0.05) is 11.3 Å². The maximum Gasteiger partial charge on any atom is 0.181 e. The molecule has 0 amide bonds. The summed E-state index contributed by atoms with van der Waals surface area (Å²) in [5.41, 5.74) is 2.17. The fraction of sp³-hybridized carbons (Fsp3) is 0.350. The number of aryl methyl sites for hydroxylation is 2. The van der Waals surface area contributed by atoms with E-state index in [-0.39, 0.29) is 5.78 Å². The number of hydrogen-bond donors (Lipinski definition) is 0. The van der Waals surface area contributed by atoms with Gasteiger partial charge in [-0.3, -0.25) is 9.00 Å². The third-order valence-corrected chi connectivity index (χ3v) is 6.54. The maximum atomic E-state index is 13.0. The molecule has 1 unspecified atom stereocenters. The van der Waals surface area contributed by atoms with Crippen molar-refractivity contribution < 1.29 is 9.00 Å². The molecule has 2 aromatic rings. The van der Waals surface area contributed by atoms with Crippen molar-refractivity contribution in [1.29, 1.82) is 0 Å². The van der Waals surface area contributed by atoms with Crippen LogP contribution in [0.4, 0.5) is 0 Å². The highest BCUT2D eigenvalue weighted by Crippen LogP contribution is 2.33. The standard InChI is InChI=1S/C20H23ClO2S/c1-3-15-20(21,24(23)18-12-9-16(2)10-13-18)19(22)14-11-17-7-5-4-6-8-17/h4-10,12-13H,3,11,14-15H2,1-2H3/t20-,24?/m0/s1. The maximum absolute atomic E-state index is 13.0. The Labute approximate surface area is 151 Å². The molecular formula is C20H23ClO2S. The minimum atomic E-state index is -1.57. The first-order chi connectivity index (χ1) is 11.5. The van der Waals surface area contributed by atoms with Gasteiger partial charge in [-0.1, -0.05) is 73.0 Å². The van der Waals surface area contributed by atoms with Crippen molar-refractivity contribution in [2.75, 3.05) is 0 Å². The summed E-state index contributed by atoms with van der Waals surface area (Å²) in [6.45, 7) is 3.92. The highest BCUT2D eigenvalue weighted by Gasteiger charge is 2.41. The molecule has 0 aromatic heterocycles. The van der Waals surface area contributed by atoms with Crippen LogP contribution in [0.15, 0.2) is 59.5 Å². The minimum absolute atomic E-state index is 0.145. The number of halogens is 1. The van der Waals surface area contributed by atoms with E-state index in [9.17, 15) is 9.00 Å². The summed E-state index contributed by atoms with van der Waals surface area (Å²) in [5.74, 6) is -0.145. The van der Waals surface area contributed by atoms with Gasteiger partial charge in [0.25, 0.3) is 0 Å². The summed E-state index contributed by atoms with van der Waals surface area (Å²) in [7, 11) is -1.57. The van der Waals surface area contributed by atoms with Crippen LogP contribution in [0.2, 0.25) is 0 Å². The summed E-state index contributed by atoms with van der Waals surface area (Å²) < 4.78 is 11.6. The molecule has 2 nitrogen and oxygen atoms in total. The summed E-state index contributed by atoms with van der Waals surface area (Å²) in [5, 5.41) is 0. The molecule has 2 atom stereocenters. The minimum Gasteiger partial charge on any atom is -0.297 e. The Hall–Kier alpha value is -1.45. The molecular weight excluding hydrogens is 340 g/mol. The van der Waals surface area contributed by atoms with Crippen LogP contribution in [0.3, 0.4) is 0 Å². The van der Waals surface area contributed by atoms with Crippen molar-refractivity contribution in [2.24, 2.45) is 0 Å². The van der Waals surface area contributed by atoms with Crippen molar-refractivity contribution >= 4 is 28.2 Å². The highest BCUT2D eigenvalue weighted by atomic mass is 35.5. The van der Waals surface area contributed by atoms with Crippen molar-refractivity contribution in [2.45, 2.75) is 48.6 Å². The number of hydrogen-bond acceptors (Lipinski definition) is 2. The van der Waals surface area contributed by atoms with Crippen LogP contribution in [0, 0.1) is 6.92 Å². The molecule has 0 heterocycles. The van der Waals surface area contributed by atoms with E-state index in [0.29, 0.717) is 30.6 Å². The van der Waals surface area contributed by atoms with E-state index in [0.717, 1.165) is 11.1 Å². The molecule has 0 spiro atoms. The Morgan fingerprint density at radius 3 is 2.29 bits per heavy atom. The molecule has 0 saturated carbocycles. The highest BCUT2D eigenvalue weighted by molar-refractivity contribution is 7.89. The van der Waals surface area contributed by atoms with E-state index in [4.69, 9.17) is 11.6 Å². The van der Waals surface area contributed by atoms with Gasteiger partial charge in [0.2, 0.25) is 0 Å². The lowest BCUT2D eigenvalue weighted by Gasteiger charge is -2.24. The zero-order valence-corrected chi connectivity index (χ0v) is 15.7. The van der Waals surface area contributed by atoms with Crippen LogP contribution in [-0.2, 0) is 22.0 Å².